The predicted octanol–water partition coefficient (Wildman–Crippen LogP) is 7.32. The van der Waals surface area contributed by atoms with E-state index in [1.54, 1.807) is 24.3 Å². The molecule has 1 heterocycles. The third-order valence-corrected chi connectivity index (χ3v) is 5.71. The lowest BCUT2D eigenvalue weighted by Crippen LogP contribution is -1.97. The summed E-state index contributed by atoms with van der Waals surface area (Å²) in [5, 5.41) is 1.01. The second-order valence-corrected chi connectivity index (χ2v) is 8.34. The lowest BCUT2D eigenvalue weighted by atomic mass is 10.1. The molecular formula is C24H15BrCl2O3. The highest BCUT2D eigenvalue weighted by atomic mass is 79.9. The van der Waals surface area contributed by atoms with Gasteiger partial charge in [-0.3, -0.25) is 0 Å². The molecule has 30 heavy (non-hydrogen) atoms. The molecule has 0 radical (unpaired) electrons. The first-order valence-electron chi connectivity index (χ1n) is 9.06. The molecule has 3 aromatic rings. The van der Waals surface area contributed by atoms with E-state index in [1.807, 2.05) is 54.6 Å². The van der Waals surface area contributed by atoms with Crippen molar-refractivity contribution in [3.05, 3.63) is 110 Å². The zero-order valence-electron chi connectivity index (χ0n) is 15.6. The number of hydrogen-bond donors (Lipinski definition) is 0. The lowest BCUT2D eigenvalue weighted by molar-refractivity contribution is -0.130. The summed E-state index contributed by atoms with van der Waals surface area (Å²) >= 11 is 15.4. The zero-order chi connectivity index (χ0) is 21.1. The highest BCUT2D eigenvalue weighted by Gasteiger charge is 2.21. The fraction of sp³-hybridized carbons (Fsp3) is 0.0417. The molecule has 0 fully saturated rings. The Labute approximate surface area is 192 Å². The van der Waals surface area contributed by atoms with Gasteiger partial charge in [0.1, 0.15) is 18.1 Å². The van der Waals surface area contributed by atoms with Crippen LogP contribution >= 0.6 is 39.1 Å². The summed E-state index contributed by atoms with van der Waals surface area (Å²) in [6.07, 6.45) is 3.54. The average molecular weight is 502 g/mol. The van der Waals surface area contributed by atoms with Crippen molar-refractivity contribution >= 4 is 56.9 Å². The van der Waals surface area contributed by atoms with Gasteiger partial charge in [-0.05, 0) is 59.7 Å². The molecule has 0 unspecified atom stereocenters. The van der Waals surface area contributed by atoms with Crippen molar-refractivity contribution in [2.75, 3.05) is 0 Å². The Bertz CT molecular complexity index is 1150. The van der Waals surface area contributed by atoms with Crippen molar-refractivity contribution in [3.8, 4) is 5.75 Å². The highest BCUT2D eigenvalue weighted by Crippen LogP contribution is 2.29. The Balaban J connectivity index is 1.44. The number of halogens is 3. The van der Waals surface area contributed by atoms with Gasteiger partial charge in [0, 0.05) is 10.0 Å². The van der Waals surface area contributed by atoms with Crippen LogP contribution in [0.1, 0.15) is 16.7 Å². The van der Waals surface area contributed by atoms with Crippen molar-refractivity contribution in [3.63, 3.8) is 0 Å². The van der Waals surface area contributed by atoms with E-state index in [4.69, 9.17) is 32.7 Å². The molecule has 3 nitrogen and oxygen atoms in total. The third-order valence-electron chi connectivity index (χ3n) is 4.45. The number of carbonyl (C=O) groups is 1. The van der Waals surface area contributed by atoms with Gasteiger partial charge in [0.15, 0.2) is 0 Å². The molecule has 6 heteroatoms. The van der Waals surface area contributed by atoms with E-state index in [0.29, 0.717) is 33.7 Å². The van der Waals surface area contributed by atoms with Crippen LogP contribution in [0.3, 0.4) is 0 Å². The Hall–Kier alpha value is -2.53. The van der Waals surface area contributed by atoms with E-state index < -0.39 is 0 Å². The van der Waals surface area contributed by atoms with Crippen LogP contribution in [-0.2, 0) is 16.1 Å². The van der Waals surface area contributed by atoms with Crippen molar-refractivity contribution in [1.82, 2.24) is 0 Å². The smallest absolute Gasteiger partial charge is 0.343 e. The van der Waals surface area contributed by atoms with E-state index in [9.17, 15) is 4.79 Å². The number of esters is 1. The van der Waals surface area contributed by atoms with Gasteiger partial charge in [0.2, 0.25) is 0 Å². The molecule has 0 saturated carbocycles. The van der Waals surface area contributed by atoms with Gasteiger partial charge < -0.3 is 9.47 Å². The summed E-state index contributed by atoms with van der Waals surface area (Å²) in [7, 11) is 0. The number of hydrogen-bond acceptors (Lipinski definition) is 3. The number of ether oxygens (including phenoxy) is 2. The molecule has 0 aromatic heterocycles. The SMILES string of the molecule is O=C1OC(c2ccc(Br)cc2)=C/C1=C\c1ccc(OCc2ccc(Cl)c(Cl)c2)cc1. The first-order valence-corrected chi connectivity index (χ1v) is 10.6. The Kier molecular flexibility index (Phi) is 6.28. The minimum absolute atomic E-state index is 0.368. The summed E-state index contributed by atoms with van der Waals surface area (Å²) in [4.78, 5) is 12.2. The van der Waals surface area contributed by atoms with Gasteiger partial charge >= 0.3 is 5.97 Å². The van der Waals surface area contributed by atoms with Gasteiger partial charge in [0.25, 0.3) is 0 Å². The summed E-state index contributed by atoms with van der Waals surface area (Å²) < 4.78 is 12.1. The van der Waals surface area contributed by atoms with Gasteiger partial charge in [-0.15, -0.1) is 0 Å². The maximum absolute atomic E-state index is 12.2. The van der Waals surface area contributed by atoms with Crippen LogP contribution in [0.2, 0.25) is 10.0 Å². The number of benzene rings is 3. The molecule has 0 spiro atoms. The van der Waals surface area contributed by atoms with E-state index >= 15 is 0 Å². The van der Waals surface area contributed by atoms with Crippen LogP contribution in [0.15, 0.2) is 82.9 Å². The van der Waals surface area contributed by atoms with Crippen LogP contribution in [0.4, 0.5) is 0 Å². The summed E-state index contributed by atoms with van der Waals surface area (Å²) in [6, 6.07) is 20.5. The lowest BCUT2D eigenvalue weighted by Gasteiger charge is -2.07. The van der Waals surface area contributed by atoms with Crippen LogP contribution in [0, 0.1) is 0 Å². The fourth-order valence-electron chi connectivity index (χ4n) is 2.88. The van der Waals surface area contributed by atoms with Crippen molar-refractivity contribution in [1.29, 1.82) is 0 Å². The quantitative estimate of drug-likeness (QED) is 0.271. The Morgan fingerprint density at radius 2 is 1.67 bits per heavy atom. The van der Waals surface area contributed by atoms with Crippen LogP contribution < -0.4 is 4.74 Å². The minimum atomic E-state index is -0.368. The molecule has 1 aliphatic heterocycles. The molecule has 0 N–H and O–H groups in total. The zero-order valence-corrected chi connectivity index (χ0v) is 18.7. The molecule has 0 atom stereocenters. The number of carbonyl (C=O) groups excluding carboxylic acids is 1. The van der Waals surface area contributed by atoms with Crippen molar-refractivity contribution < 1.29 is 14.3 Å². The maximum atomic E-state index is 12.2. The third kappa shape index (κ3) is 4.96. The molecular weight excluding hydrogens is 487 g/mol. The molecule has 150 valence electrons. The second-order valence-electron chi connectivity index (χ2n) is 6.61. The molecule has 0 saturated heterocycles. The van der Waals surface area contributed by atoms with Gasteiger partial charge in [-0.2, -0.15) is 0 Å². The molecule has 0 amide bonds. The van der Waals surface area contributed by atoms with E-state index in [1.165, 1.54) is 0 Å². The normalized spacial score (nSPS) is 14.6. The van der Waals surface area contributed by atoms with E-state index in [2.05, 4.69) is 15.9 Å². The summed E-state index contributed by atoms with van der Waals surface area (Å²) in [6.45, 7) is 0.378. The molecule has 3 aromatic carbocycles. The van der Waals surface area contributed by atoms with E-state index in [0.717, 1.165) is 21.2 Å². The van der Waals surface area contributed by atoms with Crippen LogP contribution in [0.5, 0.6) is 5.75 Å². The van der Waals surface area contributed by atoms with Crippen molar-refractivity contribution in [2.45, 2.75) is 6.61 Å². The van der Waals surface area contributed by atoms with Gasteiger partial charge in [0.05, 0.1) is 15.6 Å². The van der Waals surface area contributed by atoms with Gasteiger partial charge in [-0.1, -0.05) is 69.5 Å². The monoisotopic (exact) mass is 500 g/mol. The minimum Gasteiger partial charge on any atom is -0.489 e. The summed E-state index contributed by atoms with van der Waals surface area (Å²) in [5.74, 6) is 0.886. The van der Waals surface area contributed by atoms with Crippen LogP contribution in [-0.4, -0.2) is 5.97 Å². The average Bonchev–Trinajstić information content (AvgIpc) is 3.10. The Morgan fingerprint density at radius 3 is 2.37 bits per heavy atom. The van der Waals surface area contributed by atoms with Gasteiger partial charge in [-0.25, -0.2) is 4.79 Å². The van der Waals surface area contributed by atoms with Crippen LogP contribution in [0.25, 0.3) is 11.8 Å². The number of cyclic esters (lactones) is 1. The first kappa shape index (κ1) is 20.7. The molecule has 1 aliphatic rings. The predicted molar refractivity (Wildman–Crippen MR) is 123 cm³/mol. The first-order chi connectivity index (χ1) is 14.5. The molecule has 4 rings (SSSR count). The Morgan fingerprint density at radius 1 is 0.933 bits per heavy atom. The fourth-order valence-corrected chi connectivity index (χ4v) is 3.47. The number of rotatable bonds is 5. The molecule has 0 bridgehead atoms. The maximum Gasteiger partial charge on any atom is 0.343 e. The second kappa shape index (κ2) is 9.09. The largest absolute Gasteiger partial charge is 0.489 e. The topological polar surface area (TPSA) is 35.5 Å². The summed E-state index contributed by atoms with van der Waals surface area (Å²) in [5.41, 5.74) is 3.14. The van der Waals surface area contributed by atoms with Crippen molar-refractivity contribution in [2.24, 2.45) is 0 Å². The van der Waals surface area contributed by atoms with E-state index in [-0.39, 0.29) is 5.97 Å². The standard InChI is InChI=1S/C24H15BrCl2O3/c25-19-6-4-17(5-7-19)23-13-18(24(28)30-23)11-15-1-8-20(9-2-15)29-14-16-3-10-21(26)22(27)12-16/h1-13H,14H2/b18-11+. The molecule has 0 aliphatic carbocycles. The highest BCUT2D eigenvalue weighted by molar-refractivity contribution is 9.10.